The standard InChI is InChI=1S/C14H16Cl2N2/c1-10(17)6-11-4-5-18(8-11)9-12-2-3-13(15)7-14(12)16/h2-5,7-8,10H,6,9,17H2,1H3. The van der Waals surface area contributed by atoms with Gasteiger partial charge in [-0.2, -0.15) is 0 Å². The molecule has 0 saturated heterocycles. The normalized spacial score (nSPS) is 12.7. The van der Waals surface area contributed by atoms with Crippen LogP contribution in [0.4, 0.5) is 0 Å². The Balaban J connectivity index is 2.11. The predicted octanol–water partition coefficient (Wildman–Crippen LogP) is 3.73. The summed E-state index contributed by atoms with van der Waals surface area (Å²) in [7, 11) is 0. The summed E-state index contributed by atoms with van der Waals surface area (Å²) >= 11 is 12.0. The van der Waals surface area contributed by atoms with Crippen molar-refractivity contribution in [2.45, 2.75) is 25.9 Å². The molecule has 0 spiro atoms. The summed E-state index contributed by atoms with van der Waals surface area (Å²) in [5, 5.41) is 1.36. The predicted molar refractivity (Wildman–Crippen MR) is 77.3 cm³/mol. The second kappa shape index (κ2) is 5.79. The zero-order valence-electron chi connectivity index (χ0n) is 10.2. The molecule has 0 radical (unpaired) electrons. The Bertz CT molecular complexity index is 532. The lowest BCUT2D eigenvalue weighted by atomic mass is 10.1. The molecule has 1 atom stereocenters. The van der Waals surface area contributed by atoms with E-state index in [4.69, 9.17) is 28.9 Å². The number of halogens is 2. The molecule has 2 nitrogen and oxygen atoms in total. The first-order valence-electron chi connectivity index (χ1n) is 5.89. The van der Waals surface area contributed by atoms with Gasteiger partial charge in [0.2, 0.25) is 0 Å². The Kier molecular flexibility index (Phi) is 4.33. The van der Waals surface area contributed by atoms with Gasteiger partial charge >= 0.3 is 0 Å². The quantitative estimate of drug-likeness (QED) is 0.910. The van der Waals surface area contributed by atoms with Crippen molar-refractivity contribution in [3.05, 3.63) is 57.8 Å². The van der Waals surface area contributed by atoms with Crippen molar-refractivity contribution < 1.29 is 0 Å². The van der Waals surface area contributed by atoms with Crippen molar-refractivity contribution in [2.24, 2.45) is 5.73 Å². The fraction of sp³-hybridized carbons (Fsp3) is 0.286. The number of hydrogen-bond acceptors (Lipinski definition) is 1. The number of benzene rings is 1. The molecule has 1 aromatic carbocycles. The van der Waals surface area contributed by atoms with Gasteiger partial charge in [-0.3, -0.25) is 0 Å². The molecular formula is C14H16Cl2N2. The van der Waals surface area contributed by atoms with E-state index in [0.29, 0.717) is 10.0 Å². The van der Waals surface area contributed by atoms with Crippen molar-refractivity contribution in [1.29, 1.82) is 0 Å². The molecule has 96 valence electrons. The first-order valence-corrected chi connectivity index (χ1v) is 6.64. The lowest BCUT2D eigenvalue weighted by Gasteiger charge is -2.06. The van der Waals surface area contributed by atoms with Crippen LogP contribution in [0.1, 0.15) is 18.1 Å². The fourth-order valence-electron chi connectivity index (χ4n) is 1.93. The molecule has 1 unspecified atom stereocenters. The first-order chi connectivity index (χ1) is 8.54. The maximum atomic E-state index is 6.15. The Morgan fingerprint density at radius 3 is 2.72 bits per heavy atom. The van der Waals surface area contributed by atoms with Crippen LogP contribution in [0.25, 0.3) is 0 Å². The van der Waals surface area contributed by atoms with Crippen LogP contribution < -0.4 is 5.73 Å². The van der Waals surface area contributed by atoms with Crippen LogP contribution in [0.2, 0.25) is 10.0 Å². The molecule has 18 heavy (non-hydrogen) atoms. The average Bonchev–Trinajstić information content (AvgIpc) is 2.69. The van der Waals surface area contributed by atoms with Crippen LogP contribution in [-0.4, -0.2) is 10.6 Å². The van der Waals surface area contributed by atoms with Gasteiger partial charge in [0.1, 0.15) is 0 Å². The third kappa shape index (κ3) is 3.52. The molecule has 2 aromatic rings. The van der Waals surface area contributed by atoms with Crippen LogP contribution in [0, 0.1) is 0 Å². The van der Waals surface area contributed by atoms with Gasteiger partial charge < -0.3 is 10.3 Å². The molecule has 0 aliphatic carbocycles. The highest BCUT2D eigenvalue weighted by atomic mass is 35.5. The monoisotopic (exact) mass is 282 g/mol. The van der Waals surface area contributed by atoms with E-state index < -0.39 is 0 Å². The summed E-state index contributed by atoms with van der Waals surface area (Å²) in [4.78, 5) is 0. The molecule has 0 aliphatic heterocycles. The number of hydrogen-bond donors (Lipinski definition) is 1. The van der Waals surface area contributed by atoms with Crippen LogP contribution in [-0.2, 0) is 13.0 Å². The highest BCUT2D eigenvalue weighted by molar-refractivity contribution is 6.35. The SMILES string of the molecule is CC(N)Cc1ccn(Cc2ccc(Cl)cc2Cl)c1. The Hall–Kier alpha value is -0.960. The van der Waals surface area contributed by atoms with Gasteiger partial charge in [-0.05, 0) is 42.7 Å². The molecular weight excluding hydrogens is 267 g/mol. The molecule has 2 N–H and O–H groups in total. The summed E-state index contributed by atoms with van der Waals surface area (Å²) in [5.41, 5.74) is 8.09. The second-order valence-corrected chi connectivity index (χ2v) is 5.45. The van der Waals surface area contributed by atoms with Crippen LogP contribution in [0.3, 0.4) is 0 Å². The molecule has 1 aromatic heterocycles. The smallest absolute Gasteiger partial charge is 0.0485 e. The molecule has 0 bridgehead atoms. The second-order valence-electron chi connectivity index (χ2n) is 4.61. The van der Waals surface area contributed by atoms with Gasteiger partial charge in [-0.25, -0.2) is 0 Å². The minimum absolute atomic E-state index is 0.181. The van der Waals surface area contributed by atoms with Crippen LogP contribution in [0.5, 0.6) is 0 Å². The number of nitrogens with zero attached hydrogens (tertiary/aromatic N) is 1. The lowest BCUT2D eigenvalue weighted by molar-refractivity contribution is 0.732. The Morgan fingerprint density at radius 1 is 1.28 bits per heavy atom. The first kappa shape index (κ1) is 13.5. The van der Waals surface area contributed by atoms with E-state index in [-0.39, 0.29) is 6.04 Å². The minimum atomic E-state index is 0.181. The lowest BCUT2D eigenvalue weighted by Crippen LogP contribution is -2.17. The summed E-state index contributed by atoms with van der Waals surface area (Å²) in [6.07, 6.45) is 5.04. The maximum Gasteiger partial charge on any atom is 0.0485 e. The van der Waals surface area contributed by atoms with Gasteiger partial charge in [-0.15, -0.1) is 0 Å². The van der Waals surface area contributed by atoms with Crippen molar-refractivity contribution in [3.8, 4) is 0 Å². The van der Waals surface area contributed by atoms with Gasteiger partial charge in [0.15, 0.2) is 0 Å². The maximum absolute atomic E-state index is 6.15. The Labute approximate surface area is 117 Å². The highest BCUT2D eigenvalue weighted by Gasteiger charge is 2.04. The molecule has 0 amide bonds. The number of rotatable bonds is 4. The largest absolute Gasteiger partial charge is 0.350 e. The minimum Gasteiger partial charge on any atom is -0.350 e. The van der Waals surface area contributed by atoms with Gasteiger partial charge in [0.05, 0.1) is 0 Å². The molecule has 2 rings (SSSR count). The van der Waals surface area contributed by atoms with Crippen molar-refractivity contribution in [2.75, 3.05) is 0 Å². The van der Waals surface area contributed by atoms with E-state index >= 15 is 0 Å². The molecule has 0 fully saturated rings. The van der Waals surface area contributed by atoms with Crippen molar-refractivity contribution in [3.63, 3.8) is 0 Å². The van der Waals surface area contributed by atoms with E-state index in [1.54, 1.807) is 6.07 Å². The molecule has 4 heteroatoms. The van der Waals surface area contributed by atoms with E-state index in [9.17, 15) is 0 Å². The van der Waals surface area contributed by atoms with Crippen molar-refractivity contribution in [1.82, 2.24) is 4.57 Å². The molecule has 0 saturated carbocycles. The summed E-state index contributed by atoms with van der Waals surface area (Å²) in [6, 6.07) is 7.85. The highest BCUT2D eigenvalue weighted by Crippen LogP contribution is 2.22. The summed E-state index contributed by atoms with van der Waals surface area (Å²) < 4.78 is 2.10. The zero-order valence-corrected chi connectivity index (χ0v) is 11.7. The zero-order chi connectivity index (χ0) is 13.1. The summed E-state index contributed by atoms with van der Waals surface area (Å²) in [5.74, 6) is 0. The molecule has 0 aliphatic rings. The molecule has 1 heterocycles. The van der Waals surface area contributed by atoms with E-state index in [1.807, 2.05) is 25.3 Å². The van der Waals surface area contributed by atoms with E-state index in [1.165, 1.54) is 5.56 Å². The van der Waals surface area contributed by atoms with Gasteiger partial charge in [-0.1, -0.05) is 29.3 Å². The average molecular weight is 283 g/mol. The Morgan fingerprint density at radius 2 is 2.06 bits per heavy atom. The summed E-state index contributed by atoms with van der Waals surface area (Å²) in [6.45, 7) is 2.75. The number of aromatic nitrogens is 1. The van der Waals surface area contributed by atoms with Crippen molar-refractivity contribution >= 4 is 23.2 Å². The fourth-order valence-corrected chi connectivity index (χ4v) is 2.40. The van der Waals surface area contributed by atoms with E-state index in [0.717, 1.165) is 18.5 Å². The van der Waals surface area contributed by atoms with Gasteiger partial charge in [0, 0.05) is 35.0 Å². The van der Waals surface area contributed by atoms with Gasteiger partial charge in [0.25, 0.3) is 0 Å². The van der Waals surface area contributed by atoms with E-state index in [2.05, 4.69) is 16.8 Å². The number of nitrogens with two attached hydrogens (primary N) is 1. The topological polar surface area (TPSA) is 30.9 Å². The third-order valence-corrected chi connectivity index (χ3v) is 3.32. The van der Waals surface area contributed by atoms with Crippen LogP contribution in [0.15, 0.2) is 36.7 Å². The van der Waals surface area contributed by atoms with Crippen LogP contribution >= 0.6 is 23.2 Å². The third-order valence-electron chi connectivity index (χ3n) is 2.74.